The average molecular weight is 667 g/mol. The summed E-state index contributed by atoms with van der Waals surface area (Å²) in [4.78, 5) is 48.9. The number of nitrogens with one attached hydrogen (secondary N) is 2. The third-order valence-electron chi connectivity index (χ3n) is 10.4. The van der Waals surface area contributed by atoms with Gasteiger partial charge in [0, 0.05) is 44.5 Å². The van der Waals surface area contributed by atoms with E-state index < -0.39 is 42.0 Å². The molecule has 14 heteroatoms. The zero-order chi connectivity index (χ0) is 33.6. The highest BCUT2D eigenvalue weighted by molar-refractivity contribution is 5.94. The molecule has 3 saturated heterocycles. The number of aromatic nitrogens is 4. The molecular formula is C34H41F3N8O3. The minimum absolute atomic E-state index is 0.0190. The van der Waals surface area contributed by atoms with Crippen LogP contribution in [0.15, 0.2) is 36.5 Å². The third-order valence-corrected chi connectivity index (χ3v) is 10.4. The molecule has 1 aliphatic carbocycles. The van der Waals surface area contributed by atoms with Crippen LogP contribution in [0.5, 0.6) is 0 Å². The number of likely N-dealkylation sites (tertiary alicyclic amines) is 2. The van der Waals surface area contributed by atoms with Gasteiger partial charge in [0.25, 0.3) is 0 Å². The number of carbonyl (C=O) groups excluding carboxylic acids is 3. The maximum Gasteiger partial charge on any atom is 0.408 e. The van der Waals surface area contributed by atoms with Gasteiger partial charge in [-0.25, -0.2) is 4.68 Å². The number of hydrogen-bond donors (Lipinski definition) is 2. The van der Waals surface area contributed by atoms with Crippen molar-refractivity contribution in [3.05, 3.63) is 53.3 Å². The normalized spacial score (nSPS) is 26.3. The van der Waals surface area contributed by atoms with E-state index >= 15 is 0 Å². The first-order chi connectivity index (χ1) is 23.1. The van der Waals surface area contributed by atoms with Gasteiger partial charge in [-0.2, -0.15) is 13.2 Å². The van der Waals surface area contributed by atoms with Gasteiger partial charge in [-0.1, -0.05) is 17.3 Å². The van der Waals surface area contributed by atoms with Crippen molar-refractivity contribution in [2.45, 2.75) is 88.1 Å². The molecule has 4 fully saturated rings. The topological polar surface area (TPSA) is 125 Å². The number of hydrogen-bond acceptors (Lipinski definition) is 7. The summed E-state index contributed by atoms with van der Waals surface area (Å²) in [7, 11) is 1.80. The lowest BCUT2D eigenvalue weighted by molar-refractivity contribution is -0.185. The number of benzene rings is 1. The highest BCUT2D eigenvalue weighted by Crippen LogP contribution is 2.39. The molecule has 2 aromatic heterocycles. The Hall–Kier alpha value is -4.07. The summed E-state index contributed by atoms with van der Waals surface area (Å²) in [6.07, 6.45) is 1.71. The zero-order valence-corrected chi connectivity index (χ0v) is 27.0. The molecule has 1 aromatic carbocycles. The molecule has 3 aliphatic heterocycles. The number of pyridine rings is 1. The Kier molecular flexibility index (Phi) is 8.86. The third kappa shape index (κ3) is 6.63. The van der Waals surface area contributed by atoms with Crippen LogP contribution in [0.1, 0.15) is 67.7 Å². The molecule has 3 amide bonds. The number of alkyl halides is 3. The fourth-order valence-corrected chi connectivity index (χ4v) is 7.75. The van der Waals surface area contributed by atoms with E-state index in [1.54, 1.807) is 16.6 Å². The molecule has 4 aliphatic rings. The van der Waals surface area contributed by atoms with Crippen molar-refractivity contribution in [1.82, 2.24) is 40.4 Å². The van der Waals surface area contributed by atoms with Gasteiger partial charge < -0.3 is 20.4 Å². The summed E-state index contributed by atoms with van der Waals surface area (Å²) in [6.45, 7) is 0.991. The summed E-state index contributed by atoms with van der Waals surface area (Å²) in [5.74, 6) is -1.82. The van der Waals surface area contributed by atoms with Gasteiger partial charge in [0.2, 0.25) is 17.7 Å². The molecule has 0 radical (unpaired) electrons. The Morgan fingerprint density at radius 1 is 1.00 bits per heavy atom. The van der Waals surface area contributed by atoms with Gasteiger partial charge in [-0.3, -0.25) is 19.4 Å². The molecule has 2 N–H and O–H groups in total. The summed E-state index contributed by atoms with van der Waals surface area (Å²) in [5.41, 5.74) is 4.50. The van der Waals surface area contributed by atoms with Gasteiger partial charge in [0.05, 0.1) is 17.5 Å². The molecule has 5 heterocycles. The fourth-order valence-electron chi connectivity index (χ4n) is 7.75. The number of aryl methyl sites for hydroxylation is 1. The van der Waals surface area contributed by atoms with Crippen molar-refractivity contribution in [2.24, 2.45) is 18.9 Å². The summed E-state index contributed by atoms with van der Waals surface area (Å²) in [6, 6.07) is 6.11. The van der Waals surface area contributed by atoms with Gasteiger partial charge in [0.1, 0.15) is 17.6 Å². The molecule has 48 heavy (non-hydrogen) atoms. The quantitative estimate of drug-likeness (QED) is 0.378. The van der Waals surface area contributed by atoms with E-state index in [1.807, 2.05) is 24.4 Å². The van der Waals surface area contributed by atoms with Crippen LogP contribution >= 0.6 is 0 Å². The molecule has 3 aromatic rings. The summed E-state index contributed by atoms with van der Waals surface area (Å²) >= 11 is 0. The van der Waals surface area contributed by atoms with Crippen LogP contribution in [0.2, 0.25) is 0 Å². The zero-order valence-electron chi connectivity index (χ0n) is 27.0. The Morgan fingerprint density at radius 2 is 1.81 bits per heavy atom. The molecule has 11 nitrogen and oxygen atoms in total. The molecule has 7 rings (SSSR count). The monoisotopic (exact) mass is 666 g/mol. The van der Waals surface area contributed by atoms with Crippen LogP contribution in [0, 0.1) is 11.8 Å². The van der Waals surface area contributed by atoms with Gasteiger partial charge in [-0.15, -0.1) is 5.10 Å². The second kappa shape index (κ2) is 13.1. The first-order valence-corrected chi connectivity index (χ1v) is 17.0. The lowest BCUT2D eigenvalue weighted by Gasteiger charge is -2.38. The van der Waals surface area contributed by atoms with E-state index in [4.69, 9.17) is 0 Å². The fraction of sp³-hybridized carbons (Fsp3) is 0.588. The Morgan fingerprint density at radius 3 is 2.56 bits per heavy atom. The number of carbonyl (C=O) groups is 3. The van der Waals surface area contributed by atoms with Crippen molar-refractivity contribution in [2.75, 3.05) is 19.6 Å². The molecule has 5 atom stereocenters. The van der Waals surface area contributed by atoms with E-state index in [2.05, 4.69) is 38.1 Å². The van der Waals surface area contributed by atoms with E-state index in [1.165, 1.54) is 0 Å². The lowest BCUT2D eigenvalue weighted by Crippen LogP contribution is -2.60. The number of piperidine rings is 1. The molecule has 0 spiro atoms. The lowest BCUT2D eigenvalue weighted by atomic mass is 9.88. The molecule has 1 saturated carbocycles. The highest BCUT2D eigenvalue weighted by Gasteiger charge is 2.51. The Bertz CT molecular complexity index is 1670. The second-order valence-corrected chi connectivity index (χ2v) is 13.8. The predicted octanol–water partition coefficient (Wildman–Crippen LogP) is 3.24. The first-order valence-electron chi connectivity index (χ1n) is 17.0. The summed E-state index contributed by atoms with van der Waals surface area (Å²) in [5, 5.41) is 14.3. The minimum atomic E-state index is -4.53. The van der Waals surface area contributed by atoms with Crippen molar-refractivity contribution >= 4 is 28.8 Å². The molecule has 0 bridgehead atoms. The van der Waals surface area contributed by atoms with Crippen LogP contribution in [0.3, 0.4) is 0 Å². The van der Waals surface area contributed by atoms with Crippen molar-refractivity contribution < 1.29 is 27.6 Å². The van der Waals surface area contributed by atoms with Crippen molar-refractivity contribution in [1.29, 1.82) is 0 Å². The van der Waals surface area contributed by atoms with E-state index in [9.17, 15) is 27.6 Å². The predicted molar refractivity (Wildman–Crippen MR) is 169 cm³/mol. The maximum absolute atomic E-state index is 14.3. The van der Waals surface area contributed by atoms with Crippen LogP contribution in [-0.2, 0) is 34.4 Å². The standard InChI is InChI=1S/C34H41F3N8O3/c1-43-27-11-7-21(15-26(27)41-42-43)18-40-31(46)28-16-22(14-20-6-10-25(39-17-20)23-8-9-23)19-45(28)33(48)30-24(4-2-12-38-30)32(47)44-13-3-5-29(44)34(35,36)37/h6-7,10-11,15,17,22-24,28-30,38H,2-5,8-9,12-14,16,18-19H2,1H3,(H,40,46)/t22-,24+,28+,29-,30-/m1/s1. The number of fused-ring (bicyclic) bond motifs is 1. The summed E-state index contributed by atoms with van der Waals surface area (Å²) < 4.78 is 43.1. The smallest absolute Gasteiger partial charge is 0.350 e. The molecule has 0 unspecified atom stereocenters. The number of nitrogens with zero attached hydrogens (tertiary/aromatic N) is 6. The van der Waals surface area contributed by atoms with E-state index in [0.717, 1.165) is 40.1 Å². The highest BCUT2D eigenvalue weighted by atomic mass is 19.4. The average Bonchev–Trinajstić information content (AvgIpc) is 3.46. The number of amides is 3. The van der Waals surface area contributed by atoms with E-state index in [0.29, 0.717) is 50.2 Å². The molecule has 256 valence electrons. The van der Waals surface area contributed by atoms with Crippen LogP contribution < -0.4 is 10.6 Å². The van der Waals surface area contributed by atoms with Crippen LogP contribution in [-0.4, -0.2) is 91.4 Å². The SMILES string of the molecule is Cn1nnc2cc(CNC(=O)[C@@H]3C[C@@H](Cc4ccc(C5CC5)nc4)CN3C(=O)[C@@H]3NCCC[C@@H]3C(=O)N3CCC[C@@H]3C(F)(F)F)ccc21. The van der Waals surface area contributed by atoms with Gasteiger partial charge in [-0.05, 0) is 93.2 Å². The van der Waals surface area contributed by atoms with E-state index in [-0.39, 0.29) is 37.8 Å². The van der Waals surface area contributed by atoms with Crippen molar-refractivity contribution in [3.63, 3.8) is 0 Å². The number of rotatable bonds is 8. The van der Waals surface area contributed by atoms with Crippen LogP contribution in [0.4, 0.5) is 13.2 Å². The van der Waals surface area contributed by atoms with Gasteiger partial charge >= 0.3 is 6.18 Å². The molecular weight excluding hydrogens is 625 g/mol. The first kappa shape index (κ1) is 32.5. The second-order valence-electron chi connectivity index (χ2n) is 13.8. The maximum atomic E-state index is 14.3. The Balaban J connectivity index is 1.09. The van der Waals surface area contributed by atoms with Crippen molar-refractivity contribution in [3.8, 4) is 0 Å². The van der Waals surface area contributed by atoms with Gasteiger partial charge in [0.15, 0.2) is 0 Å². The van der Waals surface area contributed by atoms with Crippen LogP contribution in [0.25, 0.3) is 11.0 Å². The number of halogens is 3. The largest absolute Gasteiger partial charge is 0.408 e. The Labute approximate surface area is 276 Å². The minimum Gasteiger partial charge on any atom is -0.350 e.